The van der Waals surface area contributed by atoms with Crippen molar-refractivity contribution in [2.45, 2.75) is 46.0 Å². The minimum atomic E-state index is -0.0324. The maximum atomic E-state index is 13.0. The van der Waals surface area contributed by atoms with Crippen LogP contribution in [0.3, 0.4) is 0 Å². The Morgan fingerprint density at radius 3 is 2.72 bits per heavy atom. The van der Waals surface area contributed by atoms with Gasteiger partial charge >= 0.3 is 0 Å². The molecule has 184 valence electrons. The van der Waals surface area contributed by atoms with Crippen LogP contribution in [0, 0.1) is 18.8 Å². The van der Waals surface area contributed by atoms with Gasteiger partial charge in [0, 0.05) is 48.0 Å². The van der Waals surface area contributed by atoms with Gasteiger partial charge in [-0.3, -0.25) is 9.78 Å². The van der Waals surface area contributed by atoms with Crippen molar-refractivity contribution in [3.63, 3.8) is 0 Å². The van der Waals surface area contributed by atoms with E-state index in [1.807, 2.05) is 48.7 Å². The van der Waals surface area contributed by atoms with Crippen molar-refractivity contribution in [2.75, 3.05) is 23.3 Å². The SMILES string of the molecule is Cc1cccnc1NC(=O)C1CCN(c2nc(-c3cccnc3)nc3sc4c(c23)CC[C@H](C)C4)CC1. The predicted molar refractivity (Wildman–Crippen MR) is 144 cm³/mol. The lowest BCUT2D eigenvalue weighted by atomic mass is 9.89. The van der Waals surface area contributed by atoms with Gasteiger partial charge in [0.2, 0.25) is 5.91 Å². The monoisotopic (exact) mass is 498 g/mol. The highest BCUT2D eigenvalue weighted by Crippen LogP contribution is 2.42. The summed E-state index contributed by atoms with van der Waals surface area (Å²) in [4.78, 5) is 36.6. The number of hydrogen-bond donors (Lipinski definition) is 1. The number of nitrogens with one attached hydrogen (secondary N) is 1. The maximum absolute atomic E-state index is 13.0. The van der Waals surface area contributed by atoms with E-state index in [1.54, 1.807) is 12.4 Å². The van der Waals surface area contributed by atoms with Crippen molar-refractivity contribution in [1.29, 1.82) is 0 Å². The van der Waals surface area contributed by atoms with Crippen LogP contribution in [0.2, 0.25) is 0 Å². The van der Waals surface area contributed by atoms with Gasteiger partial charge in [0.1, 0.15) is 16.5 Å². The second-order valence-corrected chi connectivity index (χ2v) is 11.1. The molecule has 1 saturated heterocycles. The number of hydrogen-bond acceptors (Lipinski definition) is 7. The van der Waals surface area contributed by atoms with Crippen LogP contribution >= 0.6 is 11.3 Å². The van der Waals surface area contributed by atoms with Crippen LogP contribution in [0.5, 0.6) is 0 Å². The van der Waals surface area contributed by atoms with Gasteiger partial charge in [-0.15, -0.1) is 11.3 Å². The summed E-state index contributed by atoms with van der Waals surface area (Å²) in [7, 11) is 0. The number of pyridine rings is 2. The van der Waals surface area contributed by atoms with Gasteiger partial charge in [-0.05, 0) is 74.3 Å². The van der Waals surface area contributed by atoms with Crippen molar-refractivity contribution >= 4 is 39.1 Å². The zero-order valence-corrected chi connectivity index (χ0v) is 21.5. The average molecular weight is 499 g/mol. The normalized spacial score (nSPS) is 18.3. The van der Waals surface area contributed by atoms with Crippen LogP contribution in [-0.4, -0.2) is 38.9 Å². The molecule has 0 radical (unpaired) electrons. The molecule has 6 rings (SSSR count). The molecule has 1 aliphatic carbocycles. The number of anilines is 2. The predicted octanol–water partition coefficient (Wildman–Crippen LogP) is 5.44. The van der Waals surface area contributed by atoms with E-state index in [4.69, 9.17) is 9.97 Å². The quantitative estimate of drug-likeness (QED) is 0.404. The van der Waals surface area contributed by atoms with E-state index in [2.05, 4.69) is 27.1 Å². The first-order valence-corrected chi connectivity index (χ1v) is 13.6. The van der Waals surface area contributed by atoms with Crippen molar-refractivity contribution in [2.24, 2.45) is 11.8 Å². The Labute approximate surface area is 215 Å². The maximum Gasteiger partial charge on any atom is 0.228 e. The van der Waals surface area contributed by atoms with Crippen LogP contribution in [0.4, 0.5) is 11.6 Å². The Morgan fingerprint density at radius 2 is 1.94 bits per heavy atom. The number of aromatic nitrogens is 4. The third-order valence-electron chi connectivity index (χ3n) is 7.47. The summed E-state index contributed by atoms with van der Waals surface area (Å²) in [6.45, 7) is 5.88. The molecule has 0 bridgehead atoms. The van der Waals surface area contributed by atoms with Crippen LogP contribution in [-0.2, 0) is 17.6 Å². The largest absolute Gasteiger partial charge is 0.356 e. The van der Waals surface area contributed by atoms with E-state index < -0.39 is 0 Å². The number of piperidine rings is 1. The first-order valence-electron chi connectivity index (χ1n) is 12.8. The van der Waals surface area contributed by atoms with Gasteiger partial charge in [0.05, 0.1) is 5.39 Å². The Bertz CT molecular complexity index is 1410. The highest BCUT2D eigenvalue weighted by molar-refractivity contribution is 7.19. The van der Waals surface area contributed by atoms with E-state index in [0.717, 1.165) is 66.4 Å². The summed E-state index contributed by atoms with van der Waals surface area (Å²) in [6, 6.07) is 7.80. The number of nitrogens with zero attached hydrogens (tertiary/aromatic N) is 5. The zero-order chi connectivity index (χ0) is 24.6. The number of rotatable bonds is 4. The number of amides is 1. The summed E-state index contributed by atoms with van der Waals surface area (Å²) >= 11 is 1.83. The molecule has 1 aliphatic heterocycles. The number of aryl methyl sites for hydroxylation is 2. The van der Waals surface area contributed by atoms with E-state index >= 15 is 0 Å². The number of thiophene rings is 1. The average Bonchev–Trinajstić information content (AvgIpc) is 3.27. The molecule has 5 heterocycles. The summed E-state index contributed by atoms with van der Waals surface area (Å²) in [5, 5.41) is 4.26. The molecule has 0 spiro atoms. The molecule has 8 heteroatoms. The van der Waals surface area contributed by atoms with Gasteiger partial charge in [0.25, 0.3) is 0 Å². The molecule has 2 aliphatic rings. The van der Waals surface area contributed by atoms with Gasteiger partial charge < -0.3 is 10.2 Å². The van der Waals surface area contributed by atoms with Crippen molar-refractivity contribution in [3.05, 3.63) is 58.9 Å². The molecule has 0 aromatic carbocycles. The lowest BCUT2D eigenvalue weighted by molar-refractivity contribution is -0.120. The molecule has 1 fully saturated rings. The number of fused-ring (bicyclic) bond motifs is 3. The summed E-state index contributed by atoms with van der Waals surface area (Å²) in [5.41, 5.74) is 3.35. The minimum Gasteiger partial charge on any atom is -0.356 e. The second kappa shape index (κ2) is 9.58. The molecule has 7 nitrogen and oxygen atoms in total. The smallest absolute Gasteiger partial charge is 0.228 e. The van der Waals surface area contributed by atoms with E-state index in [-0.39, 0.29) is 11.8 Å². The van der Waals surface area contributed by atoms with Crippen molar-refractivity contribution < 1.29 is 4.79 Å². The third kappa shape index (κ3) is 4.34. The summed E-state index contributed by atoms with van der Waals surface area (Å²) < 4.78 is 0. The van der Waals surface area contributed by atoms with Crippen molar-refractivity contribution in [3.8, 4) is 11.4 Å². The second-order valence-electron chi connectivity index (χ2n) is 10.1. The molecule has 4 aromatic rings. The topological polar surface area (TPSA) is 83.9 Å². The molecule has 1 N–H and O–H groups in total. The third-order valence-corrected chi connectivity index (χ3v) is 8.62. The minimum absolute atomic E-state index is 0.0324. The van der Waals surface area contributed by atoms with Crippen LogP contribution in [0.25, 0.3) is 21.6 Å². The van der Waals surface area contributed by atoms with Gasteiger partial charge in [-0.2, -0.15) is 0 Å². The lowest BCUT2D eigenvalue weighted by Gasteiger charge is -2.33. The zero-order valence-electron chi connectivity index (χ0n) is 20.7. The van der Waals surface area contributed by atoms with E-state index in [1.165, 1.54) is 22.2 Å². The van der Waals surface area contributed by atoms with Crippen LogP contribution in [0.1, 0.15) is 42.2 Å². The number of carbonyl (C=O) groups is 1. The molecular formula is C28H30N6OS. The van der Waals surface area contributed by atoms with Gasteiger partial charge in [0.15, 0.2) is 5.82 Å². The first-order chi connectivity index (χ1) is 17.6. The Morgan fingerprint density at radius 1 is 1.11 bits per heavy atom. The van der Waals surface area contributed by atoms with Crippen LogP contribution < -0.4 is 10.2 Å². The van der Waals surface area contributed by atoms with Crippen molar-refractivity contribution in [1.82, 2.24) is 19.9 Å². The van der Waals surface area contributed by atoms with Gasteiger partial charge in [-0.1, -0.05) is 13.0 Å². The Kier molecular flexibility index (Phi) is 6.13. The fourth-order valence-corrected chi connectivity index (χ4v) is 6.74. The van der Waals surface area contributed by atoms with Gasteiger partial charge in [-0.25, -0.2) is 15.0 Å². The lowest BCUT2D eigenvalue weighted by Crippen LogP contribution is -2.39. The first kappa shape index (κ1) is 23.0. The molecule has 4 aromatic heterocycles. The molecule has 36 heavy (non-hydrogen) atoms. The van der Waals surface area contributed by atoms with E-state index in [9.17, 15) is 4.79 Å². The molecule has 1 atom stereocenters. The Hall–Kier alpha value is -3.39. The Balaban J connectivity index is 1.30. The number of carbonyl (C=O) groups excluding carboxylic acids is 1. The molecule has 1 amide bonds. The molecular weight excluding hydrogens is 468 g/mol. The highest BCUT2D eigenvalue weighted by Gasteiger charge is 2.30. The summed E-state index contributed by atoms with van der Waals surface area (Å²) in [5.74, 6) is 3.13. The summed E-state index contributed by atoms with van der Waals surface area (Å²) in [6.07, 6.45) is 10.3. The van der Waals surface area contributed by atoms with Crippen LogP contribution in [0.15, 0.2) is 42.9 Å². The highest BCUT2D eigenvalue weighted by atomic mass is 32.1. The molecule has 0 saturated carbocycles. The van der Waals surface area contributed by atoms with E-state index in [0.29, 0.717) is 11.7 Å². The fourth-order valence-electron chi connectivity index (χ4n) is 5.36. The molecule has 0 unspecified atom stereocenters. The standard InChI is InChI=1S/C28H30N6OS/c1-17-7-8-21-22(15-17)36-28-23(21)26(31-25(33-28)20-6-4-11-29-16-20)34-13-9-19(10-14-34)27(35)32-24-18(2)5-3-12-30-24/h3-6,11-12,16-17,19H,7-10,13-15H2,1-2H3,(H,30,32,35)/t17-/m0/s1. The fraction of sp³-hybridized carbons (Fsp3) is 0.393.